The number of benzene rings is 4. The van der Waals surface area contributed by atoms with E-state index in [1.54, 1.807) is 36.4 Å². The van der Waals surface area contributed by atoms with E-state index >= 15 is 0 Å². The monoisotopic (exact) mass is 689 g/mol. The molecular weight excluding hydrogens is 675 g/mol. The molecule has 0 aliphatic heterocycles. The van der Waals surface area contributed by atoms with Crippen LogP contribution >= 0.6 is 43.5 Å². The van der Waals surface area contributed by atoms with Crippen LogP contribution in [0, 0.1) is 0 Å². The molecule has 202 valence electrons. The molecule has 0 spiro atoms. The minimum absolute atomic E-state index is 0.0514. The number of ether oxygens (including phenoxy) is 1. The van der Waals surface area contributed by atoms with Gasteiger partial charge in [0.25, 0.3) is 5.56 Å². The fraction of sp³-hybridized carbons (Fsp3) is 0.0690. The SMILES string of the molecule is O=c1c2ccccc2nc(-c2cccc(C(F)(F)F)c2)n1N=Cc1cc(Cl)cc(Br)c1OCc1ccc(Br)cc1. The van der Waals surface area contributed by atoms with Crippen LogP contribution in [0.3, 0.4) is 0 Å². The summed E-state index contributed by atoms with van der Waals surface area (Å²) in [6.07, 6.45) is -3.21. The van der Waals surface area contributed by atoms with Crippen molar-refractivity contribution in [1.29, 1.82) is 0 Å². The molecule has 0 N–H and O–H groups in total. The summed E-state index contributed by atoms with van der Waals surface area (Å²) in [6, 6.07) is 22.0. The first-order valence-electron chi connectivity index (χ1n) is 11.7. The first kappa shape index (κ1) is 28.1. The highest BCUT2D eigenvalue weighted by Crippen LogP contribution is 2.34. The van der Waals surface area contributed by atoms with Crippen molar-refractivity contribution in [3.8, 4) is 17.1 Å². The molecule has 0 bridgehead atoms. The van der Waals surface area contributed by atoms with Gasteiger partial charge in [0.15, 0.2) is 5.82 Å². The molecule has 0 unspecified atom stereocenters. The zero-order valence-corrected chi connectivity index (χ0v) is 24.2. The van der Waals surface area contributed by atoms with Crippen LogP contribution in [0.2, 0.25) is 5.02 Å². The molecule has 11 heteroatoms. The van der Waals surface area contributed by atoms with Crippen LogP contribution in [0.4, 0.5) is 13.2 Å². The van der Waals surface area contributed by atoms with Crippen molar-refractivity contribution in [3.63, 3.8) is 0 Å². The third-order valence-corrected chi connectivity index (χ3v) is 7.18. The molecule has 1 aromatic heterocycles. The van der Waals surface area contributed by atoms with Crippen LogP contribution in [-0.2, 0) is 12.8 Å². The lowest BCUT2D eigenvalue weighted by Crippen LogP contribution is -2.20. The lowest BCUT2D eigenvalue weighted by molar-refractivity contribution is -0.137. The number of para-hydroxylation sites is 1. The number of alkyl halides is 3. The second kappa shape index (κ2) is 11.6. The van der Waals surface area contributed by atoms with Crippen molar-refractivity contribution < 1.29 is 17.9 Å². The Morgan fingerprint density at radius 1 is 0.975 bits per heavy atom. The van der Waals surface area contributed by atoms with Crippen molar-refractivity contribution in [2.75, 3.05) is 0 Å². The third-order valence-electron chi connectivity index (χ3n) is 5.85. The van der Waals surface area contributed by atoms with E-state index in [1.807, 2.05) is 24.3 Å². The Morgan fingerprint density at radius 3 is 2.48 bits per heavy atom. The van der Waals surface area contributed by atoms with Gasteiger partial charge in [-0.15, -0.1) is 0 Å². The highest BCUT2D eigenvalue weighted by atomic mass is 79.9. The van der Waals surface area contributed by atoms with Crippen molar-refractivity contribution in [3.05, 3.63) is 126 Å². The molecule has 40 heavy (non-hydrogen) atoms. The Labute approximate surface area is 248 Å². The number of fused-ring (bicyclic) bond motifs is 1. The molecule has 0 amide bonds. The van der Waals surface area contributed by atoms with Gasteiger partial charge in [0.2, 0.25) is 0 Å². The van der Waals surface area contributed by atoms with Crippen molar-refractivity contribution in [2.45, 2.75) is 12.8 Å². The summed E-state index contributed by atoms with van der Waals surface area (Å²) in [4.78, 5) is 18.0. The van der Waals surface area contributed by atoms with Gasteiger partial charge in [-0.3, -0.25) is 4.79 Å². The topological polar surface area (TPSA) is 56.5 Å². The molecule has 0 aliphatic carbocycles. The van der Waals surface area contributed by atoms with Gasteiger partial charge in [0, 0.05) is 20.6 Å². The zero-order chi connectivity index (χ0) is 28.4. The van der Waals surface area contributed by atoms with Gasteiger partial charge in [-0.2, -0.15) is 22.9 Å². The second-order valence-corrected chi connectivity index (χ2v) is 10.8. The van der Waals surface area contributed by atoms with Crippen molar-refractivity contribution >= 4 is 60.6 Å². The molecule has 0 fully saturated rings. The molecule has 4 aromatic carbocycles. The largest absolute Gasteiger partial charge is 0.487 e. The summed E-state index contributed by atoms with van der Waals surface area (Å²) in [6.45, 7) is 0.237. The van der Waals surface area contributed by atoms with Gasteiger partial charge in [-0.25, -0.2) is 4.98 Å². The normalized spacial score (nSPS) is 11.8. The lowest BCUT2D eigenvalue weighted by Gasteiger charge is -2.13. The highest BCUT2D eigenvalue weighted by Gasteiger charge is 2.31. The average molecular weight is 692 g/mol. The Morgan fingerprint density at radius 2 is 1.73 bits per heavy atom. The predicted octanol–water partition coefficient (Wildman–Crippen LogP) is 8.72. The van der Waals surface area contributed by atoms with Gasteiger partial charge in [0.05, 0.1) is 27.2 Å². The third kappa shape index (κ3) is 6.14. The average Bonchev–Trinajstić information content (AvgIpc) is 2.92. The first-order valence-corrected chi connectivity index (χ1v) is 13.7. The van der Waals surface area contributed by atoms with Crippen molar-refractivity contribution in [2.24, 2.45) is 5.10 Å². The summed E-state index contributed by atoms with van der Waals surface area (Å²) >= 11 is 13.2. The molecule has 5 rings (SSSR count). The van der Waals surface area contributed by atoms with E-state index in [0.717, 1.165) is 26.8 Å². The van der Waals surface area contributed by atoms with Gasteiger partial charge >= 0.3 is 6.18 Å². The highest BCUT2D eigenvalue weighted by molar-refractivity contribution is 9.10. The number of halogens is 6. The number of hydrogen-bond donors (Lipinski definition) is 0. The van der Waals surface area contributed by atoms with Crippen LogP contribution in [0.1, 0.15) is 16.7 Å². The number of nitrogens with zero attached hydrogens (tertiary/aromatic N) is 3. The number of aromatic nitrogens is 2. The van der Waals surface area contributed by atoms with E-state index in [2.05, 4.69) is 41.9 Å². The van der Waals surface area contributed by atoms with Gasteiger partial charge in [0.1, 0.15) is 12.4 Å². The van der Waals surface area contributed by atoms with Crippen molar-refractivity contribution in [1.82, 2.24) is 9.66 Å². The Bertz CT molecular complexity index is 1810. The fourth-order valence-electron chi connectivity index (χ4n) is 3.94. The zero-order valence-electron chi connectivity index (χ0n) is 20.3. The summed E-state index contributed by atoms with van der Waals surface area (Å²) in [5, 5.41) is 5.01. The minimum atomic E-state index is -4.57. The van der Waals surface area contributed by atoms with E-state index in [0.29, 0.717) is 26.3 Å². The van der Waals surface area contributed by atoms with Crippen LogP contribution in [0.15, 0.2) is 104 Å². The van der Waals surface area contributed by atoms with E-state index in [4.69, 9.17) is 16.3 Å². The molecule has 0 saturated heterocycles. The van der Waals surface area contributed by atoms with Gasteiger partial charge < -0.3 is 4.74 Å². The molecule has 5 nitrogen and oxygen atoms in total. The smallest absolute Gasteiger partial charge is 0.416 e. The van der Waals surface area contributed by atoms with Crippen LogP contribution in [-0.4, -0.2) is 15.9 Å². The summed E-state index contributed by atoms with van der Waals surface area (Å²) < 4.78 is 48.9. The molecule has 0 radical (unpaired) electrons. The van der Waals surface area contributed by atoms with Gasteiger partial charge in [-0.05, 0) is 70.0 Å². The van der Waals surface area contributed by atoms with E-state index < -0.39 is 17.3 Å². The maximum absolute atomic E-state index is 13.5. The van der Waals surface area contributed by atoms with Crippen LogP contribution < -0.4 is 10.3 Å². The molecule has 5 aromatic rings. The number of hydrogen-bond acceptors (Lipinski definition) is 4. The molecular formula is C29H17Br2ClF3N3O2. The Hall–Kier alpha value is -3.47. The maximum atomic E-state index is 13.5. The van der Waals surface area contributed by atoms with E-state index in [-0.39, 0.29) is 23.4 Å². The Kier molecular flexibility index (Phi) is 8.11. The minimum Gasteiger partial charge on any atom is -0.487 e. The molecule has 1 heterocycles. The van der Waals surface area contributed by atoms with Crippen LogP contribution in [0.25, 0.3) is 22.3 Å². The lowest BCUT2D eigenvalue weighted by atomic mass is 10.1. The summed E-state index contributed by atoms with van der Waals surface area (Å²) in [5.41, 5.74) is 0.337. The standard InChI is InChI=1S/C29H17Br2ClF3N3O2/c30-21-10-8-17(9-11-21)16-40-26-19(13-22(32)14-24(26)31)15-36-38-27(18-4-3-5-20(12-18)29(33,34)35)37-25-7-2-1-6-23(25)28(38)39/h1-15H,16H2. The summed E-state index contributed by atoms with van der Waals surface area (Å²) in [7, 11) is 0. The second-order valence-electron chi connectivity index (χ2n) is 8.61. The van der Waals surface area contributed by atoms with Crippen LogP contribution in [0.5, 0.6) is 5.75 Å². The molecule has 0 atom stereocenters. The van der Waals surface area contributed by atoms with E-state index in [9.17, 15) is 18.0 Å². The number of rotatable bonds is 6. The maximum Gasteiger partial charge on any atom is 0.416 e. The summed E-state index contributed by atoms with van der Waals surface area (Å²) in [5.74, 6) is 0.364. The fourth-order valence-corrected chi connectivity index (χ4v) is 5.15. The molecule has 0 aliphatic rings. The molecule has 0 saturated carbocycles. The first-order chi connectivity index (χ1) is 19.1. The quantitative estimate of drug-likeness (QED) is 0.168. The van der Waals surface area contributed by atoms with Gasteiger partial charge in [-0.1, -0.05) is 63.9 Å². The Balaban J connectivity index is 1.62. The van der Waals surface area contributed by atoms with E-state index in [1.165, 1.54) is 18.3 Å². The predicted molar refractivity (Wildman–Crippen MR) is 157 cm³/mol.